The normalized spacial score (nSPS) is 25.9. The molecule has 2 rings (SSSR count). The van der Waals surface area contributed by atoms with Gasteiger partial charge in [0.05, 0.1) is 0 Å². The third kappa shape index (κ3) is 3.69. The van der Waals surface area contributed by atoms with Crippen LogP contribution in [0.1, 0.15) is 32.6 Å². The molecule has 0 atom stereocenters. The lowest BCUT2D eigenvalue weighted by atomic mass is 9.81. The van der Waals surface area contributed by atoms with Crippen molar-refractivity contribution >= 4 is 5.91 Å². The third-order valence-electron chi connectivity index (χ3n) is 4.59. The second-order valence-corrected chi connectivity index (χ2v) is 6.36. The minimum absolute atomic E-state index is 0.242. The van der Waals surface area contributed by atoms with Crippen LogP contribution in [0.5, 0.6) is 0 Å². The van der Waals surface area contributed by atoms with Gasteiger partial charge in [0.1, 0.15) is 0 Å². The van der Waals surface area contributed by atoms with Crippen LogP contribution in [0.15, 0.2) is 0 Å². The number of carbonyl (C=O) groups excluding carboxylic acids is 1. The Morgan fingerprint density at radius 1 is 1.33 bits per heavy atom. The lowest BCUT2D eigenvalue weighted by Gasteiger charge is -2.35. The molecule has 2 fully saturated rings. The fourth-order valence-corrected chi connectivity index (χ4v) is 2.92. The molecule has 0 aromatic heterocycles. The predicted octanol–water partition coefficient (Wildman–Crippen LogP) is 0.834. The molecule has 1 amide bonds. The Bertz CT molecular complexity index is 279. The molecule has 0 bridgehead atoms. The summed E-state index contributed by atoms with van der Waals surface area (Å²) in [5.41, 5.74) is 0.298. The van der Waals surface area contributed by atoms with E-state index in [4.69, 9.17) is 0 Å². The molecule has 0 aliphatic carbocycles. The molecule has 4 heteroatoms. The summed E-state index contributed by atoms with van der Waals surface area (Å²) in [5, 5.41) is 6.57. The van der Waals surface area contributed by atoms with E-state index in [2.05, 4.69) is 29.5 Å². The van der Waals surface area contributed by atoms with Gasteiger partial charge < -0.3 is 15.5 Å². The summed E-state index contributed by atoms with van der Waals surface area (Å²) in [6.07, 6.45) is 4.36. The Labute approximate surface area is 110 Å². The molecule has 104 valence electrons. The average Bonchev–Trinajstić information content (AvgIpc) is 2.38. The van der Waals surface area contributed by atoms with E-state index in [1.165, 1.54) is 12.8 Å². The molecule has 18 heavy (non-hydrogen) atoms. The van der Waals surface area contributed by atoms with E-state index in [0.717, 1.165) is 45.6 Å². The van der Waals surface area contributed by atoms with Crippen molar-refractivity contribution in [3.05, 3.63) is 0 Å². The molecule has 0 spiro atoms. The SMILES string of the molecule is CN1CCC(C(=O)NCC2(C)CCNCC2)CC1. The Hall–Kier alpha value is -0.610. The van der Waals surface area contributed by atoms with Crippen molar-refractivity contribution in [3.8, 4) is 0 Å². The molecule has 2 N–H and O–H groups in total. The van der Waals surface area contributed by atoms with Crippen molar-refractivity contribution in [3.63, 3.8) is 0 Å². The molecule has 0 saturated carbocycles. The number of carbonyl (C=O) groups is 1. The number of amides is 1. The summed E-state index contributed by atoms with van der Waals surface area (Å²) in [6, 6.07) is 0. The van der Waals surface area contributed by atoms with E-state index in [-0.39, 0.29) is 11.8 Å². The first-order chi connectivity index (χ1) is 8.59. The Kier molecular flexibility index (Phi) is 4.62. The molecular formula is C14H27N3O. The fraction of sp³-hybridized carbons (Fsp3) is 0.929. The van der Waals surface area contributed by atoms with Gasteiger partial charge in [0, 0.05) is 12.5 Å². The largest absolute Gasteiger partial charge is 0.355 e. The summed E-state index contributed by atoms with van der Waals surface area (Å²) in [6.45, 7) is 7.42. The van der Waals surface area contributed by atoms with Gasteiger partial charge in [0.2, 0.25) is 5.91 Å². The number of hydrogen-bond donors (Lipinski definition) is 2. The van der Waals surface area contributed by atoms with Crippen molar-refractivity contribution in [2.75, 3.05) is 39.8 Å². The molecule has 0 unspecified atom stereocenters. The fourth-order valence-electron chi connectivity index (χ4n) is 2.92. The summed E-state index contributed by atoms with van der Waals surface area (Å²) < 4.78 is 0. The monoisotopic (exact) mass is 253 g/mol. The predicted molar refractivity (Wildman–Crippen MR) is 73.4 cm³/mol. The van der Waals surface area contributed by atoms with Crippen LogP contribution in [-0.2, 0) is 4.79 Å². The van der Waals surface area contributed by atoms with Crippen LogP contribution in [0.25, 0.3) is 0 Å². The minimum Gasteiger partial charge on any atom is -0.355 e. The van der Waals surface area contributed by atoms with Gasteiger partial charge >= 0.3 is 0 Å². The maximum Gasteiger partial charge on any atom is 0.223 e. The van der Waals surface area contributed by atoms with Gasteiger partial charge in [0.15, 0.2) is 0 Å². The lowest BCUT2D eigenvalue weighted by molar-refractivity contribution is -0.126. The topological polar surface area (TPSA) is 44.4 Å². The molecule has 0 aromatic rings. The number of nitrogens with one attached hydrogen (secondary N) is 2. The van der Waals surface area contributed by atoms with Gasteiger partial charge in [-0.3, -0.25) is 4.79 Å². The molecule has 2 heterocycles. The second kappa shape index (κ2) is 6.02. The summed E-state index contributed by atoms with van der Waals surface area (Å²) in [4.78, 5) is 14.4. The third-order valence-corrected chi connectivity index (χ3v) is 4.59. The highest BCUT2D eigenvalue weighted by atomic mass is 16.1. The van der Waals surface area contributed by atoms with Gasteiger partial charge in [-0.2, -0.15) is 0 Å². The van der Waals surface area contributed by atoms with Gasteiger partial charge in [0.25, 0.3) is 0 Å². The van der Waals surface area contributed by atoms with Crippen LogP contribution in [-0.4, -0.2) is 50.6 Å². The minimum atomic E-state index is 0.242. The summed E-state index contributed by atoms with van der Waals surface area (Å²) in [5.74, 6) is 0.523. The molecule has 4 nitrogen and oxygen atoms in total. The molecule has 0 aromatic carbocycles. The number of rotatable bonds is 3. The Morgan fingerprint density at radius 2 is 1.94 bits per heavy atom. The van der Waals surface area contributed by atoms with Gasteiger partial charge in [-0.05, 0) is 64.3 Å². The van der Waals surface area contributed by atoms with E-state index in [0.29, 0.717) is 5.41 Å². The summed E-state index contributed by atoms with van der Waals surface area (Å²) in [7, 11) is 2.13. The van der Waals surface area contributed by atoms with Crippen molar-refractivity contribution in [2.24, 2.45) is 11.3 Å². The quantitative estimate of drug-likeness (QED) is 0.783. The highest BCUT2D eigenvalue weighted by Gasteiger charge is 2.29. The highest BCUT2D eigenvalue weighted by molar-refractivity contribution is 5.78. The average molecular weight is 253 g/mol. The van der Waals surface area contributed by atoms with Crippen LogP contribution in [0, 0.1) is 11.3 Å². The standard InChI is InChI=1S/C14H27N3O/c1-14(5-7-15-8-6-14)11-16-13(18)12-3-9-17(2)10-4-12/h12,15H,3-11H2,1-2H3,(H,16,18). The zero-order valence-electron chi connectivity index (χ0n) is 11.8. The second-order valence-electron chi connectivity index (χ2n) is 6.36. The number of nitrogens with zero attached hydrogens (tertiary/aromatic N) is 1. The first kappa shape index (κ1) is 13.8. The van der Waals surface area contributed by atoms with Crippen molar-refractivity contribution in [1.29, 1.82) is 0 Å². The van der Waals surface area contributed by atoms with Crippen LogP contribution >= 0.6 is 0 Å². The van der Waals surface area contributed by atoms with Crippen LogP contribution in [0.4, 0.5) is 0 Å². The maximum absolute atomic E-state index is 12.1. The molecule has 2 aliphatic heterocycles. The first-order valence-electron chi connectivity index (χ1n) is 7.26. The Balaban J connectivity index is 1.74. The molecule has 0 radical (unpaired) electrons. The van der Waals surface area contributed by atoms with E-state index in [9.17, 15) is 4.79 Å². The van der Waals surface area contributed by atoms with E-state index >= 15 is 0 Å². The van der Waals surface area contributed by atoms with Crippen molar-refractivity contribution < 1.29 is 4.79 Å². The van der Waals surface area contributed by atoms with E-state index in [1.807, 2.05) is 0 Å². The summed E-state index contributed by atoms with van der Waals surface area (Å²) >= 11 is 0. The molecule has 2 aliphatic rings. The van der Waals surface area contributed by atoms with Crippen LogP contribution < -0.4 is 10.6 Å². The number of likely N-dealkylation sites (tertiary alicyclic amines) is 1. The van der Waals surface area contributed by atoms with E-state index < -0.39 is 0 Å². The number of hydrogen-bond acceptors (Lipinski definition) is 3. The van der Waals surface area contributed by atoms with Crippen LogP contribution in [0.3, 0.4) is 0 Å². The van der Waals surface area contributed by atoms with Gasteiger partial charge in [-0.1, -0.05) is 6.92 Å². The smallest absolute Gasteiger partial charge is 0.223 e. The Morgan fingerprint density at radius 3 is 2.56 bits per heavy atom. The highest BCUT2D eigenvalue weighted by Crippen LogP contribution is 2.27. The van der Waals surface area contributed by atoms with E-state index in [1.54, 1.807) is 0 Å². The maximum atomic E-state index is 12.1. The van der Waals surface area contributed by atoms with Crippen molar-refractivity contribution in [1.82, 2.24) is 15.5 Å². The molecular weight excluding hydrogens is 226 g/mol. The van der Waals surface area contributed by atoms with Crippen molar-refractivity contribution in [2.45, 2.75) is 32.6 Å². The van der Waals surface area contributed by atoms with Crippen LogP contribution in [0.2, 0.25) is 0 Å². The zero-order valence-corrected chi connectivity index (χ0v) is 11.8. The lowest BCUT2D eigenvalue weighted by Crippen LogP contribution is -2.45. The zero-order chi connectivity index (χ0) is 13.0. The first-order valence-corrected chi connectivity index (χ1v) is 7.26. The molecule has 2 saturated heterocycles. The number of piperidine rings is 2. The van der Waals surface area contributed by atoms with Gasteiger partial charge in [-0.15, -0.1) is 0 Å². The van der Waals surface area contributed by atoms with Gasteiger partial charge in [-0.25, -0.2) is 0 Å².